The SMILES string of the molecule is Cc1cccc2[nH]c(=O)oc(=O)c12.O=c1[nH]c2cccc(Br)c2c(=O)o1.O=c1[nH]c2cccc(Cl)c2c(=O)o1. The summed E-state index contributed by atoms with van der Waals surface area (Å²) >= 11 is 8.92. The number of fused-ring (bicyclic) bond motifs is 3. The van der Waals surface area contributed by atoms with Gasteiger partial charge in [-0.1, -0.05) is 35.9 Å². The van der Waals surface area contributed by atoms with Gasteiger partial charge in [0.15, 0.2) is 0 Å². The van der Waals surface area contributed by atoms with E-state index in [1.165, 1.54) is 0 Å². The van der Waals surface area contributed by atoms with Crippen LogP contribution >= 0.6 is 27.5 Å². The maximum absolute atomic E-state index is 11.2. The standard InChI is InChI=1S/C9H7NO3.C8H4BrNO3.C8H4ClNO3/c1-5-3-2-4-6-7(5)8(11)13-9(12)10-6;2*9-4-2-1-3-5-6(4)7(11)13-8(12)10-5/h2-4H,1H3,(H,10,12);2*1-3H,(H,10,12). The molecule has 0 saturated heterocycles. The molecule has 3 aromatic carbocycles. The zero-order valence-electron chi connectivity index (χ0n) is 19.6. The van der Waals surface area contributed by atoms with E-state index in [1.54, 1.807) is 61.5 Å². The first-order valence-corrected chi connectivity index (χ1v) is 12.0. The number of hydrogen-bond donors (Lipinski definition) is 3. The van der Waals surface area contributed by atoms with Crippen LogP contribution in [0.2, 0.25) is 5.02 Å². The van der Waals surface area contributed by atoms with E-state index >= 15 is 0 Å². The third-order valence-corrected chi connectivity index (χ3v) is 6.15. The molecule has 198 valence electrons. The minimum absolute atomic E-state index is 0.198. The summed E-state index contributed by atoms with van der Waals surface area (Å²) in [7, 11) is 0. The third kappa shape index (κ3) is 6.05. The van der Waals surface area contributed by atoms with Gasteiger partial charge in [0.2, 0.25) is 0 Å². The normalized spacial score (nSPS) is 10.5. The highest BCUT2D eigenvalue weighted by atomic mass is 79.9. The molecule has 0 amide bonds. The Labute approximate surface area is 227 Å². The topological polar surface area (TPSA) is 189 Å². The number of hydrogen-bond acceptors (Lipinski definition) is 9. The Balaban J connectivity index is 0.000000136. The van der Waals surface area contributed by atoms with Crippen molar-refractivity contribution in [3.8, 4) is 0 Å². The first-order chi connectivity index (χ1) is 18.5. The zero-order valence-corrected chi connectivity index (χ0v) is 22.0. The van der Waals surface area contributed by atoms with E-state index in [-0.39, 0.29) is 10.4 Å². The molecule has 39 heavy (non-hydrogen) atoms. The molecule has 0 saturated carbocycles. The van der Waals surface area contributed by atoms with Gasteiger partial charge in [-0.05, 0) is 58.7 Å². The lowest BCUT2D eigenvalue weighted by atomic mass is 10.1. The van der Waals surface area contributed by atoms with Crippen molar-refractivity contribution in [1.29, 1.82) is 0 Å². The number of aryl methyl sites for hydroxylation is 1. The maximum Gasteiger partial charge on any atom is 0.419 e. The average Bonchev–Trinajstić information content (AvgIpc) is 2.84. The first-order valence-electron chi connectivity index (χ1n) is 10.8. The lowest BCUT2D eigenvalue weighted by molar-refractivity contribution is 0.459. The summed E-state index contributed by atoms with van der Waals surface area (Å²) < 4.78 is 13.7. The van der Waals surface area contributed by atoms with Gasteiger partial charge in [-0.25, -0.2) is 28.8 Å². The highest BCUT2D eigenvalue weighted by molar-refractivity contribution is 9.10. The smallest absolute Gasteiger partial charge is 0.372 e. The maximum atomic E-state index is 11.2. The molecule has 14 heteroatoms. The van der Waals surface area contributed by atoms with Gasteiger partial charge >= 0.3 is 34.1 Å². The predicted octanol–water partition coefficient (Wildman–Crippen LogP) is 3.17. The third-order valence-electron chi connectivity index (χ3n) is 5.18. The molecular formula is C25H15BrClN3O9. The number of nitrogens with one attached hydrogen (secondary N) is 3. The van der Waals surface area contributed by atoms with Crippen LogP contribution in [-0.4, -0.2) is 15.0 Å². The molecular weight excluding hydrogens is 602 g/mol. The number of H-pyrrole nitrogens is 3. The van der Waals surface area contributed by atoms with Crippen LogP contribution in [0.25, 0.3) is 32.7 Å². The van der Waals surface area contributed by atoms with Crippen LogP contribution in [0, 0.1) is 6.92 Å². The fourth-order valence-electron chi connectivity index (χ4n) is 3.53. The first kappa shape index (κ1) is 27.3. The molecule has 0 spiro atoms. The van der Waals surface area contributed by atoms with Gasteiger partial charge in [-0.3, -0.25) is 15.0 Å². The van der Waals surface area contributed by atoms with Gasteiger partial charge in [0.1, 0.15) is 5.39 Å². The fourth-order valence-corrected chi connectivity index (χ4v) is 4.31. The largest absolute Gasteiger partial charge is 0.419 e. The molecule has 0 radical (unpaired) electrons. The minimum Gasteiger partial charge on any atom is -0.372 e. The summed E-state index contributed by atoms with van der Waals surface area (Å²) in [4.78, 5) is 73.1. The summed E-state index contributed by atoms with van der Waals surface area (Å²) in [6, 6.07) is 15.1. The van der Waals surface area contributed by atoms with E-state index < -0.39 is 34.1 Å². The van der Waals surface area contributed by atoms with Crippen molar-refractivity contribution in [2.75, 3.05) is 0 Å². The van der Waals surface area contributed by atoms with Crippen LogP contribution in [0.3, 0.4) is 0 Å². The van der Waals surface area contributed by atoms with E-state index in [0.717, 1.165) is 5.56 Å². The van der Waals surface area contributed by atoms with E-state index in [0.29, 0.717) is 31.8 Å². The van der Waals surface area contributed by atoms with Gasteiger partial charge in [0.05, 0.1) is 32.3 Å². The van der Waals surface area contributed by atoms with Gasteiger partial charge < -0.3 is 13.3 Å². The molecule has 0 unspecified atom stereocenters. The monoisotopic (exact) mass is 615 g/mol. The van der Waals surface area contributed by atoms with E-state index in [4.69, 9.17) is 11.6 Å². The average molecular weight is 617 g/mol. The molecule has 0 aliphatic heterocycles. The number of aromatic amines is 3. The summed E-state index contributed by atoms with van der Waals surface area (Å²) in [5.41, 5.74) is 0.223. The Hall–Kier alpha value is -4.75. The summed E-state index contributed by atoms with van der Waals surface area (Å²) in [6.07, 6.45) is 0. The second kappa shape index (κ2) is 11.3. The molecule has 6 aromatic rings. The Kier molecular flexibility index (Phi) is 7.93. The molecule has 6 rings (SSSR count). The van der Waals surface area contributed by atoms with Crippen molar-refractivity contribution in [1.82, 2.24) is 15.0 Å². The van der Waals surface area contributed by atoms with Crippen LogP contribution in [-0.2, 0) is 0 Å². The zero-order chi connectivity index (χ0) is 28.3. The van der Waals surface area contributed by atoms with Crippen molar-refractivity contribution in [3.63, 3.8) is 0 Å². The minimum atomic E-state index is -0.778. The number of halogens is 2. The van der Waals surface area contributed by atoms with E-state index in [2.05, 4.69) is 44.1 Å². The van der Waals surface area contributed by atoms with Crippen molar-refractivity contribution in [3.05, 3.63) is 133 Å². The number of rotatable bonds is 0. The molecule has 3 aromatic heterocycles. The fraction of sp³-hybridized carbons (Fsp3) is 0.0400. The van der Waals surface area contributed by atoms with Crippen molar-refractivity contribution >= 4 is 60.2 Å². The van der Waals surface area contributed by atoms with Gasteiger partial charge in [0, 0.05) is 4.47 Å². The molecule has 0 atom stereocenters. The summed E-state index contributed by atoms with van der Waals surface area (Å²) in [6.45, 7) is 1.79. The highest BCUT2D eigenvalue weighted by Crippen LogP contribution is 2.18. The van der Waals surface area contributed by atoms with Crippen LogP contribution < -0.4 is 34.1 Å². The van der Waals surface area contributed by atoms with Crippen LogP contribution in [0.4, 0.5) is 0 Å². The molecule has 0 fully saturated rings. The van der Waals surface area contributed by atoms with Gasteiger partial charge in [-0.2, -0.15) is 0 Å². The molecule has 0 aliphatic carbocycles. The quantitative estimate of drug-likeness (QED) is 0.230. The number of aromatic nitrogens is 3. The lowest BCUT2D eigenvalue weighted by Crippen LogP contribution is -2.15. The van der Waals surface area contributed by atoms with Crippen LogP contribution in [0.5, 0.6) is 0 Å². The molecule has 3 N–H and O–H groups in total. The molecule has 12 nitrogen and oxygen atoms in total. The summed E-state index contributed by atoms with van der Waals surface area (Å²) in [5, 5.41) is 1.25. The second-order valence-corrected chi connectivity index (χ2v) is 8.99. The molecule has 3 heterocycles. The van der Waals surface area contributed by atoms with Crippen LogP contribution in [0.15, 0.2) is 101 Å². The van der Waals surface area contributed by atoms with Gasteiger partial charge in [0.25, 0.3) is 0 Å². The van der Waals surface area contributed by atoms with Crippen molar-refractivity contribution in [2.45, 2.75) is 6.92 Å². The predicted molar refractivity (Wildman–Crippen MR) is 147 cm³/mol. The van der Waals surface area contributed by atoms with E-state index in [1.807, 2.05) is 0 Å². The number of benzene rings is 3. The summed E-state index contributed by atoms with van der Waals surface area (Å²) in [5.74, 6) is -2.24. The van der Waals surface area contributed by atoms with Crippen molar-refractivity contribution < 1.29 is 13.3 Å². The van der Waals surface area contributed by atoms with Crippen LogP contribution in [0.1, 0.15) is 5.56 Å². The Morgan fingerprint density at radius 3 is 1.56 bits per heavy atom. The Morgan fingerprint density at radius 2 is 1.00 bits per heavy atom. The van der Waals surface area contributed by atoms with Gasteiger partial charge in [-0.15, -0.1) is 0 Å². The lowest BCUT2D eigenvalue weighted by Gasteiger charge is -1.97. The Morgan fingerprint density at radius 1 is 0.590 bits per heavy atom. The van der Waals surface area contributed by atoms with E-state index in [9.17, 15) is 28.8 Å². The Bertz CT molecular complexity index is 1960. The molecule has 0 bridgehead atoms. The molecule has 0 aliphatic rings. The van der Waals surface area contributed by atoms with Crippen molar-refractivity contribution in [2.24, 2.45) is 0 Å². The second-order valence-electron chi connectivity index (χ2n) is 7.73. The highest BCUT2D eigenvalue weighted by Gasteiger charge is 2.06.